The summed E-state index contributed by atoms with van der Waals surface area (Å²) in [5.74, 6) is 0. The van der Waals surface area contributed by atoms with Crippen molar-refractivity contribution in [2.24, 2.45) is 0 Å². The van der Waals surface area contributed by atoms with Crippen LogP contribution in [0.3, 0.4) is 0 Å². The van der Waals surface area contributed by atoms with Gasteiger partial charge in [-0.15, -0.1) is 0 Å². The highest BCUT2D eigenvalue weighted by atomic mass is 32.2. The maximum atomic E-state index is 12.0. The number of sulfonamides is 1. The first-order chi connectivity index (χ1) is 9.96. The van der Waals surface area contributed by atoms with E-state index in [2.05, 4.69) is 8.91 Å². The monoisotopic (exact) mass is 361 g/mol. The smallest absolute Gasteiger partial charge is 0.263 e. The van der Waals surface area contributed by atoms with Gasteiger partial charge in [-0.3, -0.25) is 4.18 Å². The second-order valence-electron chi connectivity index (χ2n) is 4.29. The van der Waals surface area contributed by atoms with E-state index in [-0.39, 0.29) is 17.9 Å². The predicted molar refractivity (Wildman–Crippen MR) is 71.9 cm³/mol. The number of benzene rings is 1. The normalized spacial score (nSPS) is 13.3. The van der Waals surface area contributed by atoms with E-state index >= 15 is 0 Å². The number of hydrogen-bond acceptors (Lipinski definition) is 5. The number of nitrogens with one attached hydrogen (secondary N) is 1. The van der Waals surface area contributed by atoms with Crippen molar-refractivity contribution in [2.75, 3.05) is 13.2 Å². The van der Waals surface area contributed by atoms with Crippen LogP contribution < -0.4 is 4.72 Å². The lowest BCUT2D eigenvalue weighted by molar-refractivity contribution is -0.0542. The third kappa shape index (κ3) is 5.23. The Morgan fingerprint density at radius 1 is 1.09 bits per heavy atom. The molecule has 0 radical (unpaired) electrons. The molecule has 11 heteroatoms. The van der Waals surface area contributed by atoms with Gasteiger partial charge in [-0.25, -0.2) is 13.1 Å². The summed E-state index contributed by atoms with van der Waals surface area (Å²) in [5, 5.41) is 0. The topological polar surface area (TPSA) is 89.5 Å². The zero-order valence-electron chi connectivity index (χ0n) is 11.4. The molecule has 0 fully saturated rings. The molecule has 0 atom stereocenters. The van der Waals surface area contributed by atoms with Crippen LogP contribution in [-0.2, 0) is 24.3 Å². The lowest BCUT2D eigenvalue weighted by Crippen LogP contribution is -2.28. The Kier molecular flexibility index (Phi) is 5.96. The molecule has 126 valence electrons. The van der Waals surface area contributed by atoms with Gasteiger partial charge in [0.1, 0.15) is 0 Å². The summed E-state index contributed by atoms with van der Waals surface area (Å²) in [4.78, 5) is 0.00179. The van der Waals surface area contributed by atoms with E-state index in [0.29, 0.717) is 0 Å². The molecule has 1 aromatic carbocycles. The summed E-state index contributed by atoms with van der Waals surface area (Å²) in [6, 6.07) is 5.94. The molecule has 0 aliphatic carbocycles. The van der Waals surface area contributed by atoms with Gasteiger partial charge in [0, 0.05) is 6.54 Å². The van der Waals surface area contributed by atoms with Crippen molar-refractivity contribution >= 4 is 20.1 Å². The van der Waals surface area contributed by atoms with Crippen LogP contribution in [0.5, 0.6) is 0 Å². The number of hydrogen-bond donors (Lipinski definition) is 1. The van der Waals surface area contributed by atoms with E-state index in [0.717, 1.165) is 5.56 Å². The molecule has 0 aliphatic heterocycles. The predicted octanol–water partition coefficient (Wildman–Crippen LogP) is 1.53. The maximum absolute atomic E-state index is 12.0. The molecule has 22 heavy (non-hydrogen) atoms. The second kappa shape index (κ2) is 6.94. The zero-order valence-corrected chi connectivity index (χ0v) is 13.1. The summed E-state index contributed by atoms with van der Waals surface area (Å²) in [6.45, 7) is 0.740. The van der Waals surface area contributed by atoms with Crippen molar-refractivity contribution < 1.29 is 34.2 Å². The van der Waals surface area contributed by atoms with Gasteiger partial charge in [-0.1, -0.05) is 17.7 Å². The Morgan fingerprint density at radius 2 is 1.64 bits per heavy atom. The fraction of sp³-hybridized carbons (Fsp3) is 0.455. The van der Waals surface area contributed by atoms with Crippen LogP contribution in [0.2, 0.25) is 0 Å². The van der Waals surface area contributed by atoms with Gasteiger partial charge in [0.25, 0.3) is 0 Å². The molecule has 0 unspecified atom stereocenters. The summed E-state index contributed by atoms with van der Waals surface area (Å²) < 4.78 is 86.5. The molecule has 0 aromatic heterocycles. The molecule has 1 N–H and O–H groups in total. The molecule has 0 aliphatic rings. The molecule has 0 saturated heterocycles. The molecule has 0 saturated carbocycles. The summed E-state index contributed by atoms with van der Waals surface area (Å²) in [5.41, 5.74) is -4.63. The lowest BCUT2D eigenvalue weighted by Gasteiger charge is -2.09. The first kappa shape index (κ1) is 18.9. The zero-order chi connectivity index (χ0) is 17.0. The van der Waals surface area contributed by atoms with E-state index in [9.17, 15) is 30.0 Å². The number of halogens is 3. The van der Waals surface area contributed by atoms with Crippen molar-refractivity contribution in [3.8, 4) is 0 Å². The van der Waals surface area contributed by atoms with Gasteiger partial charge in [-0.2, -0.15) is 21.6 Å². The van der Waals surface area contributed by atoms with E-state index in [1.807, 2.05) is 0 Å². The minimum absolute atomic E-state index is 0.00179. The largest absolute Gasteiger partial charge is 0.523 e. The standard InChI is InChI=1S/C11H14F3NO5S2/c1-9-3-5-10(6-4-9)21(16,17)15-7-2-8-20-22(18,19)11(12,13)14/h3-6,15H,2,7-8H2,1H3. The van der Waals surface area contributed by atoms with Crippen molar-refractivity contribution in [3.05, 3.63) is 29.8 Å². The Bertz CT molecular complexity index is 696. The average molecular weight is 361 g/mol. The Morgan fingerprint density at radius 3 is 2.14 bits per heavy atom. The quantitative estimate of drug-likeness (QED) is 0.452. The minimum Gasteiger partial charge on any atom is -0.263 e. The summed E-state index contributed by atoms with van der Waals surface area (Å²) >= 11 is 0. The van der Waals surface area contributed by atoms with Gasteiger partial charge in [0.2, 0.25) is 10.0 Å². The van der Waals surface area contributed by atoms with E-state index < -0.39 is 32.3 Å². The number of alkyl halides is 3. The summed E-state index contributed by atoms with van der Waals surface area (Å²) in [6.07, 6.45) is -0.236. The maximum Gasteiger partial charge on any atom is 0.523 e. The van der Waals surface area contributed by atoms with Crippen LogP contribution in [0, 0.1) is 6.92 Å². The number of rotatable bonds is 7. The SMILES string of the molecule is Cc1ccc(S(=O)(=O)NCCCOS(=O)(=O)C(F)(F)F)cc1. The van der Waals surface area contributed by atoms with Crippen LogP contribution in [-0.4, -0.2) is 35.5 Å². The van der Waals surface area contributed by atoms with Crippen LogP contribution in [0.1, 0.15) is 12.0 Å². The van der Waals surface area contributed by atoms with Gasteiger partial charge in [-0.05, 0) is 25.5 Å². The number of aryl methyl sites for hydroxylation is 1. The van der Waals surface area contributed by atoms with E-state index in [4.69, 9.17) is 0 Å². The minimum atomic E-state index is -5.65. The molecule has 0 amide bonds. The lowest BCUT2D eigenvalue weighted by atomic mass is 10.2. The van der Waals surface area contributed by atoms with Crippen molar-refractivity contribution in [1.82, 2.24) is 4.72 Å². The molecule has 1 rings (SSSR count). The van der Waals surface area contributed by atoms with Crippen LogP contribution in [0.15, 0.2) is 29.2 Å². The van der Waals surface area contributed by atoms with Gasteiger partial charge >= 0.3 is 15.6 Å². The Labute approximate surface area is 126 Å². The molecule has 0 spiro atoms. The Balaban J connectivity index is 2.46. The average Bonchev–Trinajstić information content (AvgIpc) is 2.37. The third-order valence-electron chi connectivity index (χ3n) is 2.47. The second-order valence-corrected chi connectivity index (χ2v) is 7.66. The van der Waals surface area contributed by atoms with Gasteiger partial charge in [0.05, 0.1) is 11.5 Å². The van der Waals surface area contributed by atoms with Crippen molar-refractivity contribution in [2.45, 2.75) is 23.7 Å². The fourth-order valence-electron chi connectivity index (χ4n) is 1.31. The molecular formula is C11H14F3NO5S2. The van der Waals surface area contributed by atoms with Crippen LogP contribution >= 0.6 is 0 Å². The highest BCUT2D eigenvalue weighted by molar-refractivity contribution is 7.89. The molecule has 0 heterocycles. The fourth-order valence-corrected chi connectivity index (χ4v) is 2.86. The summed E-state index contributed by atoms with van der Waals surface area (Å²) in [7, 11) is -9.45. The van der Waals surface area contributed by atoms with Crippen LogP contribution in [0.4, 0.5) is 13.2 Å². The molecule has 6 nitrogen and oxygen atoms in total. The molecule has 0 bridgehead atoms. The first-order valence-electron chi connectivity index (χ1n) is 5.98. The van der Waals surface area contributed by atoms with Gasteiger partial charge < -0.3 is 0 Å². The van der Waals surface area contributed by atoms with E-state index in [1.54, 1.807) is 19.1 Å². The van der Waals surface area contributed by atoms with E-state index in [1.165, 1.54) is 12.1 Å². The molecule has 1 aromatic rings. The van der Waals surface area contributed by atoms with Crippen molar-refractivity contribution in [1.29, 1.82) is 0 Å². The highest BCUT2D eigenvalue weighted by Crippen LogP contribution is 2.24. The highest BCUT2D eigenvalue weighted by Gasteiger charge is 2.47. The van der Waals surface area contributed by atoms with Crippen molar-refractivity contribution in [3.63, 3.8) is 0 Å². The van der Waals surface area contributed by atoms with Crippen LogP contribution in [0.25, 0.3) is 0 Å². The van der Waals surface area contributed by atoms with Gasteiger partial charge in [0.15, 0.2) is 0 Å². The third-order valence-corrected chi connectivity index (χ3v) is 4.99. The Hall–Kier alpha value is -1.17. The first-order valence-corrected chi connectivity index (χ1v) is 8.87. The molecular weight excluding hydrogens is 347 g/mol.